The van der Waals surface area contributed by atoms with Gasteiger partial charge in [-0.25, -0.2) is 0 Å². The van der Waals surface area contributed by atoms with Crippen molar-refractivity contribution in [2.24, 2.45) is 0 Å². The number of aromatic nitrogens is 1. The van der Waals surface area contributed by atoms with Gasteiger partial charge in [0.15, 0.2) is 0 Å². The minimum absolute atomic E-state index is 0.0145. The summed E-state index contributed by atoms with van der Waals surface area (Å²) in [5.41, 5.74) is 0.452. The molecule has 3 N–H and O–H groups in total. The minimum atomic E-state index is -0.797. The van der Waals surface area contributed by atoms with Gasteiger partial charge in [-0.15, -0.1) is 0 Å². The Kier molecular flexibility index (Phi) is 6.28. The number of hydrogen-bond donors (Lipinski definition) is 3. The summed E-state index contributed by atoms with van der Waals surface area (Å²) >= 11 is 5.91. The summed E-state index contributed by atoms with van der Waals surface area (Å²) in [6, 6.07) is 7.76. The van der Waals surface area contributed by atoms with Crippen LogP contribution in [0.25, 0.3) is 0 Å². The van der Waals surface area contributed by atoms with Gasteiger partial charge in [-0.05, 0) is 42.3 Å². The van der Waals surface area contributed by atoms with Crippen LogP contribution in [0.15, 0.2) is 36.5 Å². The van der Waals surface area contributed by atoms with Gasteiger partial charge >= 0.3 is 0 Å². The molecular weight excluding hydrogens is 384 g/mol. The molecule has 1 fully saturated rings. The monoisotopic (exact) mass is 404 g/mol. The molecule has 2 aromatic rings. The van der Waals surface area contributed by atoms with E-state index >= 15 is 0 Å². The number of phenols is 1. The van der Waals surface area contributed by atoms with E-state index in [1.54, 1.807) is 24.3 Å². The first kappa shape index (κ1) is 20.3. The van der Waals surface area contributed by atoms with Crippen LogP contribution >= 0.6 is 11.6 Å². The number of ether oxygens (including phenoxy) is 1. The van der Waals surface area contributed by atoms with E-state index in [4.69, 9.17) is 16.3 Å². The fourth-order valence-electron chi connectivity index (χ4n) is 3.08. The number of aliphatic hydroxyl groups is 1. The molecule has 3 rings (SSSR count). The molecule has 1 saturated heterocycles. The molecule has 0 bridgehead atoms. The number of Topliss-reactive ketones (excluding diaryl/α,β-unsaturated/α-hetero) is 1. The van der Waals surface area contributed by atoms with Crippen molar-refractivity contribution in [3.8, 4) is 5.75 Å². The van der Waals surface area contributed by atoms with Crippen LogP contribution < -0.4 is 5.32 Å². The summed E-state index contributed by atoms with van der Waals surface area (Å²) in [4.78, 5) is 28.9. The van der Waals surface area contributed by atoms with Gasteiger partial charge in [-0.3, -0.25) is 14.6 Å². The van der Waals surface area contributed by atoms with Gasteiger partial charge in [-0.2, -0.15) is 0 Å². The van der Waals surface area contributed by atoms with E-state index < -0.39 is 11.4 Å². The Bertz CT molecular complexity index is 881. The zero-order valence-corrected chi connectivity index (χ0v) is 15.9. The molecule has 1 amide bonds. The third-order valence-electron chi connectivity index (χ3n) is 4.67. The highest BCUT2D eigenvalue weighted by Crippen LogP contribution is 2.23. The topological polar surface area (TPSA) is 109 Å². The van der Waals surface area contributed by atoms with Crippen molar-refractivity contribution in [3.63, 3.8) is 0 Å². The summed E-state index contributed by atoms with van der Waals surface area (Å²) in [7, 11) is 0. The number of ketones is 1. The largest absolute Gasteiger partial charge is 0.508 e. The summed E-state index contributed by atoms with van der Waals surface area (Å²) in [5, 5.41) is 22.6. The molecule has 28 heavy (non-hydrogen) atoms. The maximum atomic E-state index is 12.5. The Morgan fingerprint density at radius 2 is 2.07 bits per heavy atom. The lowest BCUT2D eigenvalue weighted by molar-refractivity contribution is -0.117. The van der Waals surface area contributed by atoms with Crippen molar-refractivity contribution in [2.75, 3.05) is 19.8 Å². The average Bonchev–Trinajstić information content (AvgIpc) is 3.14. The summed E-state index contributed by atoms with van der Waals surface area (Å²) in [6.45, 7) is 0.496. The molecule has 148 valence electrons. The second-order valence-electron chi connectivity index (χ2n) is 6.91. The van der Waals surface area contributed by atoms with Gasteiger partial charge in [0.1, 0.15) is 17.2 Å². The van der Waals surface area contributed by atoms with Crippen molar-refractivity contribution in [3.05, 3.63) is 58.4 Å². The van der Waals surface area contributed by atoms with Crippen LogP contribution in [0, 0.1) is 0 Å². The first-order valence-electron chi connectivity index (χ1n) is 8.86. The lowest BCUT2D eigenvalue weighted by Gasteiger charge is -2.26. The Morgan fingerprint density at radius 3 is 2.79 bits per heavy atom. The third kappa shape index (κ3) is 4.86. The summed E-state index contributed by atoms with van der Waals surface area (Å²) < 4.78 is 5.27. The van der Waals surface area contributed by atoms with E-state index in [9.17, 15) is 19.8 Å². The number of aliphatic hydroxyl groups excluding tert-OH is 1. The number of nitrogens with zero attached hydrogens (tertiary/aromatic N) is 1. The summed E-state index contributed by atoms with van der Waals surface area (Å²) in [5.74, 6) is -0.548. The van der Waals surface area contributed by atoms with Crippen molar-refractivity contribution in [2.45, 2.75) is 24.8 Å². The Morgan fingerprint density at radius 1 is 1.25 bits per heavy atom. The van der Waals surface area contributed by atoms with Crippen LogP contribution in [0.1, 0.15) is 28.0 Å². The highest BCUT2D eigenvalue weighted by Gasteiger charge is 2.36. The minimum Gasteiger partial charge on any atom is -0.508 e. The first-order valence-corrected chi connectivity index (χ1v) is 9.24. The van der Waals surface area contributed by atoms with E-state index in [0.717, 1.165) is 0 Å². The molecule has 0 radical (unpaired) electrons. The van der Waals surface area contributed by atoms with Crippen molar-refractivity contribution < 1.29 is 24.5 Å². The number of rotatable bonds is 7. The van der Waals surface area contributed by atoms with Crippen LogP contribution in [0.4, 0.5) is 0 Å². The van der Waals surface area contributed by atoms with E-state index in [1.807, 2.05) is 0 Å². The van der Waals surface area contributed by atoms with Crippen LogP contribution in [-0.2, 0) is 22.4 Å². The van der Waals surface area contributed by atoms with Crippen LogP contribution in [0.2, 0.25) is 5.02 Å². The van der Waals surface area contributed by atoms with Gasteiger partial charge in [-0.1, -0.05) is 11.6 Å². The molecule has 1 aliphatic rings. The van der Waals surface area contributed by atoms with Gasteiger partial charge < -0.3 is 20.3 Å². The third-order valence-corrected chi connectivity index (χ3v) is 4.91. The predicted octanol–water partition coefficient (Wildman–Crippen LogP) is 1.68. The molecule has 7 nitrogen and oxygen atoms in total. The molecule has 1 atom stereocenters. The number of pyridine rings is 1. The van der Waals surface area contributed by atoms with Gasteiger partial charge in [0.2, 0.25) is 0 Å². The molecule has 0 unspecified atom stereocenters. The molecule has 2 heterocycles. The number of benzene rings is 1. The molecule has 1 aromatic carbocycles. The zero-order valence-electron chi connectivity index (χ0n) is 15.2. The second kappa shape index (κ2) is 8.68. The lowest BCUT2D eigenvalue weighted by atomic mass is 9.99. The summed E-state index contributed by atoms with van der Waals surface area (Å²) in [6.07, 6.45) is 2.10. The maximum Gasteiger partial charge on any atom is 0.270 e. The fourth-order valence-corrected chi connectivity index (χ4v) is 3.28. The molecule has 0 spiro atoms. The van der Waals surface area contributed by atoms with E-state index in [2.05, 4.69) is 10.3 Å². The Balaban J connectivity index is 1.66. The van der Waals surface area contributed by atoms with Crippen LogP contribution in [0.5, 0.6) is 5.75 Å². The van der Waals surface area contributed by atoms with Gasteiger partial charge in [0, 0.05) is 36.2 Å². The van der Waals surface area contributed by atoms with E-state index in [0.29, 0.717) is 29.2 Å². The Hall–Kier alpha value is -2.48. The molecule has 1 aliphatic heterocycles. The van der Waals surface area contributed by atoms with E-state index in [-0.39, 0.29) is 43.3 Å². The van der Waals surface area contributed by atoms with Crippen molar-refractivity contribution in [1.82, 2.24) is 10.3 Å². The highest BCUT2D eigenvalue weighted by molar-refractivity contribution is 6.30. The van der Waals surface area contributed by atoms with Crippen molar-refractivity contribution in [1.29, 1.82) is 0 Å². The Labute approximate surface area is 167 Å². The fraction of sp³-hybridized carbons (Fsp3) is 0.350. The molecule has 0 aliphatic carbocycles. The average molecular weight is 405 g/mol. The lowest BCUT2D eigenvalue weighted by Crippen LogP contribution is -2.52. The number of halogens is 1. The van der Waals surface area contributed by atoms with Gasteiger partial charge in [0.05, 0.1) is 18.8 Å². The quantitative estimate of drug-likeness (QED) is 0.647. The predicted molar refractivity (Wildman–Crippen MR) is 102 cm³/mol. The molecule has 1 aromatic heterocycles. The second-order valence-corrected chi connectivity index (χ2v) is 7.35. The number of hydrogen-bond acceptors (Lipinski definition) is 6. The highest BCUT2D eigenvalue weighted by atomic mass is 35.5. The smallest absolute Gasteiger partial charge is 0.270 e. The number of phenolic OH excluding ortho intramolecular Hbond substituents is 1. The van der Waals surface area contributed by atoms with Crippen molar-refractivity contribution >= 4 is 23.3 Å². The van der Waals surface area contributed by atoms with Gasteiger partial charge in [0.25, 0.3) is 5.91 Å². The number of aromatic hydroxyl groups is 1. The molecule has 8 heteroatoms. The normalized spacial score (nSPS) is 18.8. The number of nitrogens with one attached hydrogen (secondary N) is 1. The SMILES string of the molecule is O=C(Cc1ccnc(C(=O)N[C@]2(CO)CCOC2)c1)Cc1cc(Cl)ccc1O. The molecule has 0 saturated carbocycles. The van der Waals surface area contributed by atoms with Crippen LogP contribution in [-0.4, -0.2) is 52.2 Å². The standard InChI is InChI=1S/C20H21ClN2O5/c21-15-1-2-18(26)14(9-15)10-16(25)7-13-3-5-22-17(8-13)19(27)23-20(11-24)4-6-28-12-20/h1-3,5,8-9,24,26H,4,6-7,10-12H2,(H,23,27)/t20-/m0/s1. The van der Waals surface area contributed by atoms with E-state index in [1.165, 1.54) is 12.3 Å². The number of carbonyl (C=O) groups excluding carboxylic acids is 2. The zero-order chi connectivity index (χ0) is 20.1. The maximum absolute atomic E-state index is 12.5. The number of carbonyl (C=O) groups is 2. The number of amides is 1. The first-order chi connectivity index (χ1) is 13.4. The van der Waals surface area contributed by atoms with Crippen LogP contribution in [0.3, 0.4) is 0 Å². The molecular formula is C20H21ClN2O5.